The zero-order valence-corrected chi connectivity index (χ0v) is 14.1. The van der Waals surface area contributed by atoms with Crippen molar-refractivity contribution in [3.8, 4) is 0 Å². The summed E-state index contributed by atoms with van der Waals surface area (Å²) in [5, 5.41) is 5.98. The summed E-state index contributed by atoms with van der Waals surface area (Å²) in [5.74, 6) is 0.469. The Morgan fingerprint density at radius 3 is 2.27 bits per heavy atom. The minimum Gasteiger partial charge on any atom is -0.341 e. The van der Waals surface area contributed by atoms with Gasteiger partial charge in [0.05, 0.1) is 0 Å². The lowest BCUT2D eigenvalue weighted by atomic mass is 9.96. The SMILES string of the molecule is CC(C)C[C@H](NC(=O)NC1CCCCC1)C(=O)N1CCCC1. The molecule has 0 radical (unpaired) electrons. The number of carbonyl (C=O) groups is 2. The highest BCUT2D eigenvalue weighted by molar-refractivity contribution is 5.87. The van der Waals surface area contributed by atoms with Crippen molar-refractivity contribution in [2.24, 2.45) is 5.92 Å². The normalized spacial score (nSPS) is 21.0. The van der Waals surface area contributed by atoms with Crippen molar-refractivity contribution in [3.05, 3.63) is 0 Å². The molecule has 1 atom stereocenters. The van der Waals surface area contributed by atoms with Gasteiger partial charge in [-0.25, -0.2) is 4.79 Å². The molecular weight excluding hydrogens is 278 g/mol. The average molecular weight is 309 g/mol. The van der Waals surface area contributed by atoms with E-state index in [4.69, 9.17) is 0 Å². The average Bonchev–Trinajstić information content (AvgIpc) is 3.00. The molecule has 2 N–H and O–H groups in total. The van der Waals surface area contributed by atoms with Crippen molar-refractivity contribution in [1.29, 1.82) is 0 Å². The number of urea groups is 1. The van der Waals surface area contributed by atoms with Gasteiger partial charge in [-0.3, -0.25) is 4.79 Å². The Morgan fingerprint density at radius 1 is 1.05 bits per heavy atom. The van der Waals surface area contributed by atoms with Crippen LogP contribution in [0, 0.1) is 5.92 Å². The fourth-order valence-electron chi connectivity index (χ4n) is 3.48. The molecule has 0 spiro atoms. The van der Waals surface area contributed by atoms with Gasteiger partial charge >= 0.3 is 6.03 Å². The van der Waals surface area contributed by atoms with E-state index in [1.807, 2.05) is 4.90 Å². The summed E-state index contributed by atoms with van der Waals surface area (Å²) in [4.78, 5) is 26.7. The molecule has 5 nitrogen and oxygen atoms in total. The zero-order chi connectivity index (χ0) is 15.9. The van der Waals surface area contributed by atoms with Gasteiger partial charge in [0, 0.05) is 19.1 Å². The summed E-state index contributed by atoms with van der Waals surface area (Å²) in [6.07, 6.45) is 8.62. The van der Waals surface area contributed by atoms with E-state index in [-0.39, 0.29) is 24.0 Å². The van der Waals surface area contributed by atoms with Crippen molar-refractivity contribution in [1.82, 2.24) is 15.5 Å². The molecule has 2 rings (SSSR count). The monoisotopic (exact) mass is 309 g/mol. The third kappa shape index (κ3) is 5.18. The lowest BCUT2D eigenvalue weighted by Crippen LogP contribution is -2.53. The number of rotatable bonds is 5. The highest BCUT2D eigenvalue weighted by Crippen LogP contribution is 2.17. The third-order valence-electron chi connectivity index (χ3n) is 4.67. The second-order valence-corrected chi connectivity index (χ2v) is 7.17. The number of hydrogen-bond acceptors (Lipinski definition) is 2. The first-order valence-electron chi connectivity index (χ1n) is 8.92. The molecule has 0 aromatic heterocycles. The van der Waals surface area contributed by atoms with Gasteiger partial charge in [0.15, 0.2) is 0 Å². The molecule has 1 aliphatic heterocycles. The van der Waals surface area contributed by atoms with Crippen LogP contribution in [0.3, 0.4) is 0 Å². The summed E-state index contributed by atoms with van der Waals surface area (Å²) in [7, 11) is 0. The highest BCUT2D eigenvalue weighted by atomic mass is 16.2. The van der Waals surface area contributed by atoms with Gasteiger partial charge < -0.3 is 15.5 Å². The number of amides is 3. The van der Waals surface area contributed by atoms with E-state index in [0.29, 0.717) is 12.3 Å². The Kier molecular flexibility index (Phi) is 6.52. The van der Waals surface area contributed by atoms with Gasteiger partial charge in [0.25, 0.3) is 0 Å². The third-order valence-corrected chi connectivity index (χ3v) is 4.67. The summed E-state index contributed by atoms with van der Waals surface area (Å²) in [5.41, 5.74) is 0. The number of carbonyl (C=O) groups excluding carboxylic acids is 2. The predicted molar refractivity (Wildman–Crippen MR) is 87.6 cm³/mol. The maximum absolute atomic E-state index is 12.6. The zero-order valence-electron chi connectivity index (χ0n) is 14.1. The van der Waals surface area contributed by atoms with Gasteiger partial charge in [-0.15, -0.1) is 0 Å². The van der Waals surface area contributed by atoms with E-state index >= 15 is 0 Å². The standard InChI is InChI=1S/C17H31N3O2/c1-13(2)12-15(16(21)20-10-6-7-11-20)19-17(22)18-14-8-4-3-5-9-14/h13-15H,3-12H2,1-2H3,(H2,18,19,22)/t15-/m0/s1. The smallest absolute Gasteiger partial charge is 0.315 e. The van der Waals surface area contributed by atoms with Crippen molar-refractivity contribution in [3.63, 3.8) is 0 Å². The number of likely N-dealkylation sites (tertiary alicyclic amines) is 1. The van der Waals surface area contributed by atoms with E-state index in [0.717, 1.165) is 38.8 Å². The van der Waals surface area contributed by atoms with Crippen LogP contribution in [0.4, 0.5) is 4.79 Å². The molecular formula is C17H31N3O2. The molecule has 1 heterocycles. The molecule has 0 aromatic carbocycles. The van der Waals surface area contributed by atoms with Crippen LogP contribution >= 0.6 is 0 Å². The van der Waals surface area contributed by atoms with Crippen LogP contribution < -0.4 is 10.6 Å². The summed E-state index contributed by atoms with van der Waals surface area (Å²) in [6.45, 7) is 5.84. The highest BCUT2D eigenvalue weighted by Gasteiger charge is 2.28. The Balaban J connectivity index is 1.87. The largest absolute Gasteiger partial charge is 0.341 e. The molecule has 5 heteroatoms. The Labute approximate surface area is 134 Å². The van der Waals surface area contributed by atoms with Crippen molar-refractivity contribution < 1.29 is 9.59 Å². The van der Waals surface area contributed by atoms with Crippen LogP contribution in [-0.4, -0.2) is 42.0 Å². The fourth-order valence-corrected chi connectivity index (χ4v) is 3.48. The van der Waals surface area contributed by atoms with Crippen molar-refractivity contribution >= 4 is 11.9 Å². The minimum atomic E-state index is -0.387. The Morgan fingerprint density at radius 2 is 1.68 bits per heavy atom. The predicted octanol–water partition coefficient (Wildman–Crippen LogP) is 2.66. The van der Waals surface area contributed by atoms with Crippen LogP contribution in [0.1, 0.15) is 65.2 Å². The molecule has 0 aromatic rings. The van der Waals surface area contributed by atoms with Crippen LogP contribution in [-0.2, 0) is 4.79 Å². The number of hydrogen-bond donors (Lipinski definition) is 2. The van der Waals surface area contributed by atoms with Crippen molar-refractivity contribution in [2.45, 2.75) is 77.3 Å². The van der Waals surface area contributed by atoms with Gasteiger partial charge in [-0.05, 0) is 38.0 Å². The lowest BCUT2D eigenvalue weighted by Gasteiger charge is -2.27. The number of nitrogens with one attached hydrogen (secondary N) is 2. The van der Waals surface area contributed by atoms with Gasteiger partial charge in [-0.2, -0.15) is 0 Å². The van der Waals surface area contributed by atoms with E-state index in [1.165, 1.54) is 19.3 Å². The van der Waals surface area contributed by atoms with Crippen molar-refractivity contribution in [2.75, 3.05) is 13.1 Å². The first-order valence-corrected chi connectivity index (χ1v) is 8.92. The summed E-state index contributed by atoms with van der Waals surface area (Å²) < 4.78 is 0. The fraction of sp³-hybridized carbons (Fsp3) is 0.882. The topological polar surface area (TPSA) is 61.4 Å². The first kappa shape index (κ1) is 17.1. The Bertz CT molecular complexity index is 372. The lowest BCUT2D eigenvalue weighted by molar-refractivity contribution is -0.132. The van der Waals surface area contributed by atoms with Crippen LogP contribution in [0.2, 0.25) is 0 Å². The summed E-state index contributed by atoms with van der Waals surface area (Å²) >= 11 is 0. The number of nitrogens with zero attached hydrogens (tertiary/aromatic N) is 1. The molecule has 0 bridgehead atoms. The molecule has 2 aliphatic rings. The van der Waals surface area contributed by atoms with E-state index in [9.17, 15) is 9.59 Å². The molecule has 1 aliphatic carbocycles. The molecule has 1 saturated heterocycles. The molecule has 126 valence electrons. The Hall–Kier alpha value is -1.26. The van der Waals surface area contributed by atoms with Gasteiger partial charge in [-0.1, -0.05) is 33.1 Å². The quantitative estimate of drug-likeness (QED) is 0.820. The maximum Gasteiger partial charge on any atom is 0.315 e. The minimum absolute atomic E-state index is 0.0880. The van der Waals surface area contributed by atoms with Crippen LogP contribution in [0.15, 0.2) is 0 Å². The second kappa shape index (κ2) is 8.39. The molecule has 22 heavy (non-hydrogen) atoms. The maximum atomic E-state index is 12.6. The summed E-state index contributed by atoms with van der Waals surface area (Å²) in [6, 6.07) is -0.290. The van der Waals surface area contributed by atoms with E-state index in [1.54, 1.807) is 0 Å². The molecule has 0 unspecified atom stereocenters. The van der Waals surface area contributed by atoms with Gasteiger partial charge in [0.2, 0.25) is 5.91 Å². The molecule has 1 saturated carbocycles. The molecule has 3 amide bonds. The van der Waals surface area contributed by atoms with Gasteiger partial charge in [0.1, 0.15) is 6.04 Å². The van der Waals surface area contributed by atoms with E-state index in [2.05, 4.69) is 24.5 Å². The first-order chi connectivity index (χ1) is 10.6. The second-order valence-electron chi connectivity index (χ2n) is 7.17. The molecule has 2 fully saturated rings. The van der Waals surface area contributed by atoms with E-state index < -0.39 is 0 Å². The van der Waals surface area contributed by atoms with Crippen LogP contribution in [0.5, 0.6) is 0 Å². The van der Waals surface area contributed by atoms with Crippen LogP contribution in [0.25, 0.3) is 0 Å².